The van der Waals surface area contributed by atoms with E-state index in [4.69, 9.17) is 5.73 Å². The fourth-order valence-corrected chi connectivity index (χ4v) is 2.45. The number of nitrogens with zero attached hydrogens (tertiary/aromatic N) is 1. The maximum Gasteiger partial charge on any atom is 0.262 e. The molecule has 2 rings (SSSR count). The standard InChI is InChI=1S/C11H9F2N3O2S/c12-7-1-2-9(13)10(5-7)16-19(17,18)8-3-4-15-11(14)6-8/h1-6,16H,(H2,14,15). The third-order valence-electron chi connectivity index (χ3n) is 2.24. The topological polar surface area (TPSA) is 85.1 Å². The molecule has 0 aliphatic carbocycles. The number of benzene rings is 1. The molecule has 0 aliphatic rings. The minimum Gasteiger partial charge on any atom is -0.384 e. The summed E-state index contributed by atoms with van der Waals surface area (Å²) in [6.07, 6.45) is 1.20. The Morgan fingerprint density at radius 2 is 1.89 bits per heavy atom. The highest BCUT2D eigenvalue weighted by atomic mass is 32.2. The maximum absolute atomic E-state index is 13.4. The number of halogens is 2. The molecule has 1 aromatic carbocycles. The summed E-state index contributed by atoms with van der Waals surface area (Å²) in [7, 11) is -4.05. The predicted molar refractivity (Wildman–Crippen MR) is 65.8 cm³/mol. The largest absolute Gasteiger partial charge is 0.384 e. The first-order chi connectivity index (χ1) is 8.88. The zero-order valence-corrected chi connectivity index (χ0v) is 10.3. The highest BCUT2D eigenvalue weighted by Crippen LogP contribution is 2.20. The number of anilines is 2. The average Bonchev–Trinajstić information content (AvgIpc) is 2.33. The van der Waals surface area contributed by atoms with Gasteiger partial charge < -0.3 is 5.73 Å². The Balaban J connectivity index is 2.39. The molecule has 0 fully saturated rings. The Kier molecular flexibility index (Phi) is 3.34. The summed E-state index contributed by atoms with van der Waals surface area (Å²) in [5, 5.41) is 0. The van der Waals surface area contributed by atoms with Gasteiger partial charge in [0.15, 0.2) is 0 Å². The number of nitrogen functional groups attached to an aromatic ring is 1. The summed E-state index contributed by atoms with van der Waals surface area (Å²) in [6.45, 7) is 0. The molecule has 0 unspecified atom stereocenters. The van der Waals surface area contributed by atoms with E-state index in [-0.39, 0.29) is 10.7 Å². The molecule has 100 valence electrons. The van der Waals surface area contributed by atoms with E-state index < -0.39 is 27.3 Å². The van der Waals surface area contributed by atoms with Gasteiger partial charge in [0.1, 0.15) is 17.5 Å². The monoisotopic (exact) mass is 285 g/mol. The molecular formula is C11H9F2N3O2S. The van der Waals surface area contributed by atoms with E-state index in [1.165, 1.54) is 12.3 Å². The van der Waals surface area contributed by atoms with Crippen LogP contribution in [0, 0.1) is 11.6 Å². The second-order valence-electron chi connectivity index (χ2n) is 3.65. The molecular weight excluding hydrogens is 276 g/mol. The van der Waals surface area contributed by atoms with Crippen LogP contribution in [-0.4, -0.2) is 13.4 Å². The van der Waals surface area contributed by atoms with Crippen LogP contribution in [0.3, 0.4) is 0 Å². The highest BCUT2D eigenvalue weighted by Gasteiger charge is 2.17. The van der Waals surface area contributed by atoms with E-state index in [0.29, 0.717) is 0 Å². The van der Waals surface area contributed by atoms with Gasteiger partial charge in [0, 0.05) is 18.3 Å². The minimum absolute atomic E-state index is 0.00240. The van der Waals surface area contributed by atoms with E-state index in [1.54, 1.807) is 0 Å². The van der Waals surface area contributed by atoms with Crippen molar-refractivity contribution >= 4 is 21.5 Å². The third-order valence-corrected chi connectivity index (χ3v) is 3.60. The lowest BCUT2D eigenvalue weighted by atomic mass is 10.3. The van der Waals surface area contributed by atoms with Gasteiger partial charge >= 0.3 is 0 Å². The van der Waals surface area contributed by atoms with Crippen LogP contribution in [0.2, 0.25) is 0 Å². The fourth-order valence-electron chi connectivity index (χ4n) is 1.37. The summed E-state index contributed by atoms with van der Waals surface area (Å²) in [5.74, 6) is -1.64. The van der Waals surface area contributed by atoms with Crippen LogP contribution in [0.1, 0.15) is 0 Å². The molecule has 0 amide bonds. The minimum atomic E-state index is -4.05. The summed E-state index contributed by atoms with van der Waals surface area (Å²) in [6, 6.07) is 4.76. The van der Waals surface area contributed by atoms with Crippen LogP contribution in [-0.2, 0) is 10.0 Å². The van der Waals surface area contributed by atoms with Gasteiger partial charge in [0.25, 0.3) is 10.0 Å². The van der Waals surface area contributed by atoms with Crippen LogP contribution in [0.25, 0.3) is 0 Å². The number of aromatic nitrogens is 1. The molecule has 3 N–H and O–H groups in total. The number of pyridine rings is 1. The van der Waals surface area contributed by atoms with Gasteiger partial charge in [0.2, 0.25) is 0 Å². The lowest BCUT2D eigenvalue weighted by Gasteiger charge is -2.09. The van der Waals surface area contributed by atoms with Crippen molar-refractivity contribution in [3.8, 4) is 0 Å². The van der Waals surface area contributed by atoms with Gasteiger partial charge in [-0.3, -0.25) is 4.72 Å². The van der Waals surface area contributed by atoms with Crippen LogP contribution >= 0.6 is 0 Å². The SMILES string of the molecule is Nc1cc(S(=O)(=O)Nc2cc(F)ccc2F)ccn1. The molecule has 8 heteroatoms. The van der Waals surface area contributed by atoms with Gasteiger partial charge in [-0.25, -0.2) is 22.2 Å². The fraction of sp³-hybridized carbons (Fsp3) is 0. The quantitative estimate of drug-likeness (QED) is 0.899. The van der Waals surface area contributed by atoms with Gasteiger partial charge in [-0.15, -0.1) is 0 Å². The number of nitrogens with two attached hydrogens (primary N) is 1. The van der Waals surface area contributed by atoms with Gasteiger partial charge in [0.05, 0.1) is 10.6 Å². The summed E-state index contributed by atoms with van der Waals surface area (Å²) in [4.78, 5) is 3.45. The number of rotatable bonds is 3. The molecule has 0 bridgehead atoms. The van der Waals surface area contributed by atoms with Crippen molar-refractivity contribution in [2.45, 2.75) is 4.90 Å². The van der Waals surface area contributed by atoms with E-state index in [9.17, 15) is 17.2 Å². The Hall–Kier alpha value is -2.22. The van der Waals surface area contributed by atoms with Crippen molar-refractivity contribution in [1.82, 2.24) is 4.98 Å². The molecule has 1 heterocycles. The van der Waals surface area contributed by atoms with E-state index in [2.05, 4.69) is 4.98 Å². The van der Waals surface area contributed by atoms with Crippen LogP contribution < -0.4 is 10.5 Å². The van der Waals surface area contributed by atoms with Gasteiger partial charge in [-0.05, 0) is 18.2 Å². The van der Waals surface area contributed by atoms with Gasteiger partial charge in [-0.1, -0.05) is 0 Å². The van der Waals surface area contributed by atoms with E-state index in [1.807, 2.05) is 4.72 Å². The Morgan fingerprint density at radius 3 is 2.58 bits per heavy atom. The number of hydrogen-bond donors (Lipinski definition) is 2. The van der Waals surface area contributed by atoms with Crippen LogP contribution in [0.4, 0.5) is 20.3 Å². The van der Waals surface area contributed by atoms with Crippen molar-refractivity contribution in [1.29, 1.82) is 0 Å². The first-order valence-corrected chi connectivity index (χ1v) is 6.56. The molecule has 1 aromatic heterocycles. The number of sulfonamides is 1. The van der Waals surface area contributed by atoms with Crippen molar-refractivity contribution in [2.24, 2.45) is 0 Å². The Labute approximate surface area is 108 Å². The van der Waals surface area contributed by atoms with Crippen molar-refractivity contribution < 1.29 is 17.2 Å². The van der Waals surface area contributed by atoms with Crippen molar-refractivity contribution in [2.75, 3.05) is 10.5 Å². The highest BCUT2D eigenvalue weighted by molar-refractivity contribution is 7.92. The second kappa shape index (κ2) is 4.81. The smallest absolute Gasteiger partial charge is 0.262 e. The first-order valence-electron chi connectivity index (χ1n) is 5.08. The van der Waals surface area contributed by atoms with Crippen molar-refractivity contribution in [3.05, 3.63) is 48.2 Å². The molecule has 0 spiro atoms. The first kappa shape index (κ1) is 13.2. The number of hydrogen-bond acceptors (Lipinski definition) is 4. The predicted octanol–water partition coefficient (Wildman–Crippen LogP) is 1.74. The van der Waals surface area contributed by atoms with E-state index in [0.717, 1.165) is 24.3 Å². The molecule has 0 saturated heterocycles. The summed E-state index contributed by atoms with van der Waals surface area (Å²) >= 11 is 0. The molecule has 2 aromatic rings. The molecule has 0 radical (unpaired) electrons. The summed E-state index contributed by atoms with van der Waals surface area (Å²) < 4.78 is 52.1. The molecule has 0 saturated carbocycles. The molecule has 0 aliphatic heterocycles. The summed E-state index contributed by atoms with van der Waals surface area (Å²) in [5.41, 5.74) is 4.89. The lowest BCUT2D eigenvalue weighted by molar-refractivity contribution is 0.594. The van der Waals surface area contributed by atoms with Gasteiger partial charge in [-0.2, -0.15) is 0 Å². The second-order valence-corrected chi connectivity index (χ2v) is 5.33. The molecule has 5 nitrogen and oxygen atoms in total. The maximum atomic E-state index is 13.4. The number of nitrogens with one attached hydrogen (secondary N) is 1. The van der Waals surface area contributed by atoms with Crippen LogP contribution in [0.5, 0.6) is 0 Å². The van der Waals surface area contributed by atoms with Crippen LogP contribution in [0.15, 0.2) is 41.4 Å². The third kappa shape index (κ3) is 2.97. The van der Waals surface area contributed by atoms with Crippen molar-refractivity contribution in [3.63, 3.8) is 0 Å². The Bertz CT molecular complexity index is 720. The lowest BCUT2D eigenvalue weighted by Crippen LogP contribution is -2.14. The molecule has 0 atom stereocenters. The molecule has 19 heavy (non-hydrogen) atoms. The zero-order valence-electron chi connectivity index (χ0n) is 9.47. The zero-order chi connectivity index (χ0) is 14.0. The Morgan fingerprint density at radius 1 is 1.16 bits per heavy atom. The normalized spacial score (nSPS) is 11.3. The average molecular weight is 285 g/mol. The van der Waals surface area contributed by atoms with E-state index >= 15 is 0 Å².